The summed E-state index contributed by atoms with van der Waals surface area (Å²) < 4.78 is 0. The Bertz CT molecular complexity index is 491. The molecule has 116 valence electrons. The Labute approximate surface area is 127 Å². The molecule has 1 N–H and O–H groups in total. The summed E-state index contributed by atoms with van der Waals surface area (Å²) >= 11 is 0. The molecule has 5 heteroatoms. The van der Waals surface area contributed by atoms with Crippen LogP contribution < -0.4 is 4.90 Å². The molecule has 0 radical (unpaired) electrons. The van der Waals surface area contributed by atoms with E-state index in [0.29, 0.717) is 6.04 Å². The molecule has 0 unspecified atom stereocenters. The lowest BCUT2D eigenvalue weighted by molar-refractivity contribution is 0.0884. The van der Waals surface area contributed by atoms with Crippen LogP contribution in [0.25, 0.3) is 0 Å². The Morgan fingerprint density at radius 2 is 2.19 bits per heavy atom. The number of nitrogens with zero attached hydrogens (tertiary/aromatic N) is 4. The molecule has 2 atom stereocenters. The molecule has 0 aromatic carbocycles. The lowest BCUT2D eigenvalue weighted by Gasteiger charge is -2.42. The van der Waals surface area contributed by atoms with Crippen molar-refractivity contribution < 1.29 is 5.11 Å². The van der Waals surface area contributed by atoms with E-state index in [1.807, 2.05) is 6.92 Å². The van der Waals surface area contributed by atoms with Crippen LogP contribution in [0.15, 0.2) is 6.33 Å². The molecule has 1 aromatic heterocycles. The van der Waals surface area contributed by atoms with Gasteiger partial charge < -0.3 is 10.0 Å². The highest BCUT2D eigenvalue weighted by Gasteiger charge is 2.29. The number of aromatic nitrogens is 2. The van der Waals surface area contributed by atoms with E-state index >= 15 is 0 Å². The zero-order chi connectivity index (χ0) is 14.8. The minimum absolute atomic E-state index is 0.256. The fourth-order valence-corrected chi connectivity index (χ4v) is 3.67. The van der Waals surface area contributed by atoms with Gasteiger partial charge in [-0.2, -0.15) is 0 Å². The first-order valence-electron chi connectivity index (χ1n) is 8.18. The normalized spacial score (nSPS) is 24.1. The summed E-state index contributed by atoms with van der Waals surface area (Å²) in [6.07, 6.45) is 6.01. The van der Waals surface area contributed by atoms with Crippen molar-refractivity contribution in [1.29, 1.82) is 0 Å². The third kappa shape index (κ3) is 3.04. The van der Waals surface area contributed by atoms with Crippen molar-refractivity contribution in [2.75, 3.05) is 31.1 Å². The van der Waals surface area contributed by atoms with E-state index in [-0.39, 0.29) is 6.10 Å². The molecular formula is C16H26N4O. The minimum atomic E-state index is -0.256. The van der Waals surface area contributed by atoms with Crippen LogP contribution in [0, 0.1) is 0 Å². The van der Waals surface area contributed by atoms with Crippen LogP contribution in [0.3, 0.4) is 0 Å². The smallest absolute Gasteiger partial charge is 0.135 e. The Morgan fingerprint density at radius 3 is 2.95 bits per heavy atom. The van der Waals surface area contributed by atoms with Gasteiger partial charge in [-0.1, -0.05) is 6.92 Å². The third-order valence-electron chi connectivity index (χ3n) is 4.73. The monoisotopic (exact) mass is 290 g/mol. The fraction of sp³-hybridized carbons (Fsp3) is 0.750. The lowest BCUT2D eigenvalue weighted by atomic mass is 10.1. The van der Waals surface area contributed by atoms with Crippen LogP contribution in [0.1, 0.15) is 37.9 Å². The summed E-state index contributed by atoms with van der Waals surface area (Å²) in [6, 6.07) is 0.500. The Hall–Kier alpha value is -1.20. The van der Waals surface area contributed by atoms with Crippen molar-refractivity contribution in [2.45, 2.75) is 51.7 Å². The Morgan fingerprint density at radius 1 is 1.33 bits per heavy atom. The topological polar surface area (TPSA) is 52.5 Å². The predicted octanol–water partition coefficient (Wildman–Crippen LogP) is 1.25. The molecule has 3 rings (SSSR count). The maximum atomic E-state index is 9.65. The zero-order valence-corrected chi connectivity index (χ0v) is 13.1. The van der Waals surface area contributed by atoms with Gasteiger partial charge >= 0.3 is 0 Å². The van der Waals surface area contributed by atoms with Crippen molar-refractivity contribution in [3.63, 3.8) is 0 Å². The average Bonchev–Trinajstić information content (AvgIpc) is 2.95. The Balaban J connectivity index is 1.75. The van der Waals surface area contributed by atoms with Crippen molar-refractivity contribution in [3.05, 3.63) is 17.6 Å². The quantitative estimate of drug-likeness (QED) is 0.904. The molecule has 2 heterocycles. The number of piperazine rings is 1. The molecule has 0 saturated carbocycles. The molecular weight excluding hydrogens is 264 g/mol. The van der Waals surface area contributed by atoms with Gasteiger partial charge in [-0.15, -0.1) is 0 Å². The summed E-state index contributed by atoms with van der Waals surface area (Å²) in [5.41, 5.74) is 2.62. The van der Waals surface area contributed by atoms with E-state index in [1.54, 1.807) is 6.33 Å². The summed E-state index contributed by atoms with van der Waals surface area (Å²) in [5.74, 6) is 1.16. The van der Waals surface area contributed by atoms with Crippen LogP contribution in [0.4, 0.5) is 5.82 Å². The van der Waals surface area contributed by atoms with Crippen molar-refractivity contribution in [3.8, 4) is 0 Å². The van der Waals surface area contributed by atoms with E-state index in [0.717, 1.165) is 51.3 Å². The first kappa shape index (κ1) is 14.7. The molecule has 1 saturated heterocycles. The molecule has 0 amide bonds. The predicted molar refractivity (Wildman–Crippen MR) is 83.6 cm³/mol. The first-order chi connectivity index (χ1) is 10.2. The van der Waals surface area contributed by atoms with E-state index < -0.39 is 0 Å². The minimum Gasteiger partial charge on any atom is -0.392 e. The Kier molecular flexibility index (Phi) is 4.40. The van der Waals surface area contributed by atoms with Crippen LogP contribution >= 0.6 is 0 Å². The summed E-state index contributed by atoms with van der Waals surface area (Å²) in [4.78, 5) is 13.9. The molecule has 1 aliphatic heterocycles. The van der Waals surface area contributed by atoms with Gasteiger partial charge in [-0.25, -0.2) is 9.97 Å². The van der Waals surface area contributed by atoms with Gasteiger partial charge in [0.05, 0.1) is 6.10 Å². The van der Waals surface area contributed by atoms with Gasteiger partial charge in [0.15, 0.2) is 0 Å². The second-order valence-electron chi connectivity index (χ2n) is 6.33. The highest BCUT2D eigenvalue weighted by atomic mass is 16.3. The van der Waals surface area contributed by atoms with E-state index in [1.165, 1.54) is 17.7 Å². The second-order valence-corrected chi connectivity index (χ2v) is 6.33. The molecule has 2 aliphatic rings. The number of aliphatic hydroxyl groups excluding tert-OH is 1. The number of aryl methyl sites for hydroxylation is 1. The molecule has 5 nitrogen and oxygen atoms in total. The maximum Gasteiger partial charge on any atom is 0.135 e. The number of fused-ring (bicyclic) bond motifs is 1. The van der Waals surface area contributed by atoms with Gasteiger partial charge in [-0.3, -0.25) is 4.90 Å². The molecule has 0 bridgehead atoms. The maximum absolute atomic E-state index is 9.65. The number of anilines is 1. The van der Waals surface area contributed by atoms with Gasteiger partial charge in [0.25, 0.3) is 0 Å². The van der Waals surface area contributed by atoms with E-state index in [9.17, 15) is 5.11 Å². The van der Waals surface area contributed by atoms with Crippen LogP contribution in [0.2, 0.25) is 0 Å². The van der Waals surface area contributed by atoms with Crippen LogP contribution in [0.5, 0.6) is 0 Å². The molecule has 1 aromatic rings. The summed E-state index contributed by atoms with van der Waals surface area (Å²) in [7, 11) is 0. The zero-order valence-electron chi connectivity index (χ0n) is 13.1. The van der Waals surface area contributed by atoms with Crippen LogP contribution in [-0.4, -0.2) is 58.3 Å². The molecule has 1 fully saturated rings. The highest BCUT2D eigenvalue weighted by Crippen LogP contribution is 2.29. The number of rotatable bonds is 4. The molecule has 0 spiro atoms. The fourth-order valence-electron chi connectivity index (χ4n) is 3.67. The van der Waals surface area contributed by atoms with Gasteiger partial charge in [0.1, 0.15) is 12.1 Å². The number of β-amino-alcohol motifs (C(OH)–C–C–N with tert-alkyl or cyclic N) is 1. The molecule has 1 aliphatic carbocycles. The van der Waals surface area contributed by atoms with Gasteiger partial charge in [0, 0.05) is 43.5 Å². The first-order valence-corrected chi connectivity index (χ1v) is 8.18. The van der Waals surface area contributed by atoms with Gasteiger partial charge in [-0.05, 0) is 32.6 Å². The number of hydrogen-bond acceptors (Lipinski definition) is 5. The highest BCUT2D eigenvalue weighted by molar-refractivity contribution is 5.51. The standard InChI is InChI=1S/C16H26N4O/c1-3-13-10-20(8-7-19(13)9-12(2)21)16-14-5-4-6-15(14)17-11-18-16/h11-13,21H,3-10H2,1-2H3/t12-,13+/m0/s1. The third-order valence-corrected chi connectivity index (χ3v) is 4.73. The van der Waals surface area contributed by atoms with Gasteiger partial charge in [0.2, 0.25) is 0 Å². The van der Waals surface area contributed by atoms with Crippen molar-refractivity contribution in [1.82, 2.24) is 14.9 Å². The average molecular weight is 290 g/mol. The second kappa shape index (κ2) is 6.28. The van der Waals surface area contributed by atoms with E-state index in [2.05, 4.69) is 26.7 Å². The van der Waals surface area contributed by atoms with E-state index in [4.69, 9.17) is 0 Å². The van der Waals surface area contributed by atoms with Crippen molar-refractivity contribution in [2.24, 2.45) is 0 Å². The van der Waals surface area contributed by atoms with Crippen molar-refractivity contribution >= 4 is 5.82 Å². The SMILES string of the molecule is CC[C@@H]1CN(c2ncnc3c2CCC3)CCN1C[C@H](C)O. The molecule has 21 heavy (non-hydrogen) atoms. The summed E-state index contributed by atoms with van der Waals surface area (Å²) in [5, 5.41) is 9.65. The van der Waals surface area contributed by atoms with Crippen LogP contribution in [-0.2, 0) is 12.8 Å². The largest absolute Gasteiger partial charge is 0.392 e. The summed E-state index contributed by atoms with van der Waals surface area (Å²) in [6.45, 7) is 7.87. The lowest BCUT2D eigenvalue weighted by Crippen LogP contribution is -2.54. The number of aliphatic hydroxyl groups is 1. The number of hydrogen-bond donors (Lipinski definition) is 1.